The highest BCUT2D eigenvalue weighted by molar-refractivity contribution is 6.37. The number of ketones is 2. The lowest BCUT2D eigenvalue weighted by Gasteiger charge is -2.37. The molecule has 0 fully saturated rings. The van der Waals surface area contributed by atoms with E-state index in [4.69, 9.17) is 37.4 Å². The quantitative estimate of drug-likeness (QED) is 0.260. The van der Waals surface area contributed by atoms with Gasteiger partial charge in [-0.25, -0.2) is 0 Å². The van der Waals surface area contributed by atoms with Crippen molar-refractivity contribution in [3.63, 3.8) is 0 Å². The summed E-state index contributed by atoms with van der Waals surface area (Å²) in [5.74, 6) is 1.27. The average Bonchev–Trinajstić information content (AvgIpc) is 3.00. The Balaban J connectivity index is 1.24. The van der Waals surface area contributed by atoms with Gasteiger partial charge in [-0.05, 0) is 73.6 Å². The Hall–Kier alpha value is -3.74. The van der Waals surface area contributed by atoms with Crippen LogP contribution in [0.4, 0.5) is 0 Å². The van der Waals surface area contributed by atoms with E-state index in [-0.39, 0.29) is 18.2 Å². The molecule has 0 saturated heterocycles. The lowest BCUT2D eigenvalue weighted by atomic mass is 9.71. The maximum absolute atomic E-state index is 13.2. The van der Waals surface area contributed by atoms with Crippen LogP contribution in [0.5, 0.6) is 17.2 Å². The van der Waals surface area contributed by atoms with Gasteiger partial charge in [0.2, 0.25) is 0 Å². The number of halogens is 2. The van der Waals surface area contributed by atoms with Gasteiger partial charge in [-0.15, -0.1) is 0 Å². The predicted molar refractivity (Wildman–Crippen MR) is 167 cm³/mol. The third-order valence-corrected chi connectivity index (χ3v) is 8.64. The first-order valence-corrected chi connectivity index (χ1v) is 15.5. The minimum Gasteiger partial charge on any atom is -0.490 e. The van der Waals surface area contributed by atoms with Crippen molar-refractivity contribution in [2.24, 2.45) is 0 Å². The lowest BCUT2D eigenvalue weighted by molar-refractivity contribution is -0.117. The molecule has 1 N–H and O–H groups in total. The SMILES string of the molecule is CCOc1cc(COc2c(Cl)cc(C3C4=C(CCCC4=O)NC4=C3C(=O)CCC4)cc2Cl)ccc1OCc1ccccc1. The molecule has 6 rings (SSSR count). The van der Waals surface area contributed by atoms with E-state index in [1.807, 2.05) is 55.5 Å². The van der Waals surface area contributed by atoms with Crippen LogP contribution in [-0.2, 0) is 22.8 Å². The molecule has 3 aromatic carbocycles. The van der Waals surface area contributed by atoms with E-state index in [9.17, 15) is 9.59 Å². The van der Waals surface area contributed by atoms with Crippen LogP contribution in [0.15, 0.2) is 83.2 Å². The van der Waals surface area contributed by atoms with Crippen LogP contribution in [0.1, 0.15) is 68.1 Å². The highest BCUT2D eigenvalue weighted by Gasteiger charge is 2.40. The van der Waals surface area contributed by atoms with Crippen molar-refractivity contribution < 1.29 is 23.8 Å². The monoisotopic (exact) mass is 617 g/mol. The molecule has 3 aliphatic rings. The van der Waals surface area contributed by atoms with Crippen LogP contribution < -0.4 is 19.5 Å². The molecule has 222 valence electrons. The second kappa shape index (κ2) is 12.9. The molecule has 1 aliphatic heterocycles. The zero-order chi connectivity index (χ0) is 29.9. The van der Waals surface area contributed by atoms with Gasteiger partial charge < -0.3 is 19.5 Å². The van der Waals surface area contributed by atoms with Crippen molar-refractivity contribution in [2.75, 3.05) is 6.61 Å². The molecule has 0 saturated carbocycles. The number of ether oxygens (including phenoxy) is 3. The summed E-state index contributed by atoms with van der Waals surface area (Å²) >= 11 is 13.6. The third-order valence-electron chi connectivity index (χ3n) is 8.07. The van der Waals surface area contributed by atoms with Crippen molar-refractivity contribution in [3.05, 3.63) is 110 Å². The van der Waals surface area contributed by atoms with Crippen LogP contribution in [0.2, 0.25) is 10.0 Å². The Morgan fingerprint density at radius 1 is 0.721 bits per heavy atom. The number of carbonyl (C=O) groups is 2. The fraction of sp³-hybridized carbons (Fsp3) is 0.314. The fourth-order valence-corrected chi connectivity index (χ4v) is 6.73. The number of rotatable bonds is 9. The lowest BCUT2D eigenvalue weighted by Crippen LogP contribution is -2.36. The van der Waals surface area contributed by atoms with Crippen LogP contribution >= 0.6 is 23.2 Å². The van der Waals surface area contributed by atoms with E-state index in [1.165, 1.54) is 0 Å². The molecule has 8 heteroatoms. The molecule has 3 aromatic rings. The van der Waals surface area contributed by atoms with Crippen molar-refractivity contribution in [1.82, 2.24) is 5.32 Å². The summed E-state index contributed by atoms with van der Waals surface area (Å²) in [6.07, 6.45) is 4.10. The molecule has 0 radical (unpaired) electrons. The summed E-state index contributed by atoms with van der Waals surface area (Å²) in [6, 6.07) is 19.2. The van der Waals surface area contributed by atoms with E-state index in [1.54, 1.807) is 12.1 Å². The number of Topliss-reactive ketones (excluding diaryl/α,β-unsaturated/α-hetero) is 2. The Bertz CT molecular complexity index is 1560. The van der Waals surface area contributed by atoms with Crippen LogP contribution in [-0.4, -0.2) is 18.2 Å². The smallest absolute Gasteiger partial charge is 0.161 e. The van der Waals surface area contributed by atoms with Crippen LogP contribution in [0.3, 0.4) is 0 Å². The van der Waals surface area contributed by atoms with Crippen molar-refractivity contribution >= 4 is 34.8 Å². The second-order valence-electron chi connectivity index (χ2n) is 11.0. The predicted octanol–water partition coefficient (Wildman–Crippen LogP) is 8.25. The van der Waals surface area contributed by atoms with Gasteiger partial charge >= 0.3 is 0 Å². The summed E-state index contributed by atoms with van der Waals surface area (Å²) in [7, 11) is 0. The Morgan fingerprint density at radius 2 is 1.35 bits per heavy atom. The van der Waals surface area contributed by atoms with Gasteiger partial charge in [0.1, 0.15) is 13.2 Å². The fourth-order valence-electron chi connectivity index (χ4n) is 6.12. The van der Waals surface area contributed by atoms with Gasteiger partial charge in [0, 0.05) is 41.3 Å². The normalized spacial score (nSPS) is 16.9. The molecule has 0 aromatic heterocycles. The average molecular weight is 619 g/mol. The molecule has 2 aliphatic carbocycles. The highest BCUT2D eigenvalue weighted by atomic mass is 35.5. The second-order valence-corrected chi connectivity index (χ2v) is 11.8. The number of benzene rings is 3. The molecule has 0 amide bonds. The molecule has 0 spiro atoms. The summed E-state index contributed by atoms with van der Waals surface area (Å²) in [6.45, 7) is 3.04. The van der Waals surface area contributed by atoms with Crippen molar-refractivity contribution in [2.45, 2.75) is 64.6 Å². The summed E-state index contributed by atoms with van der Waals surface area (Å²) < 4.78 is 18.0. The minimum absolute atomic E-state index is 0.0672. The number of nitrogens with one attached hydrogen (secondary N) is 1. The van der Waals surface area contributed by atoms with Gasteiger partial charge in [0.25, 0.3) is 0 Å². The standard InChI is InChI=1S/C35H33Cl2NO5/c1-2-41-31-16-22(14-15-30(31)42-19-21-8-4-3-5-9-21)20-43-35-24(36)17-23(18-25(35)37)32-33-26(10-6-12-28(33)39)38-27-11-7-13-29(40)34(27)32/h3-5,8-9,14-18,32,38H,2,6-7,10-13,19-20H2,1H3. The largest absolute Gasteiger partial charge is 0.490 e. The first kappa shape index (κ1) is 29.3. The summed E-state index contributed by atoms with van der Waals surface area (Å²) in [5, 5.41) is 4.09. The molecular formula is C35H33Cl2NO5. The first-order chi connectivity index (χ1) is 20.9. The first-order valence-electron chi connectivity index (χ1n) is 14.8. The zero-order valence-electron chi connectivity index (χ0n) is 24.0. The summed E-state index contributed by atoms with van der Waals surface area (Å²) in [4.78, 5) is 26.3. The topological polar surface area (TPSA) is 73.9 Å². The van der Waals surface area contributed by atoms with E-state index in [0.717, 1.165) is 53.8 Å². The van der Waals surface area contributed by atoms with Crippen LogP contribution in [0, 0.1) is 0 Å². The molecule has 0 unspecified atom stereocenters. The van der Waals surface area contributed by atoms with Gasteiger partial charge in [0.05, 0.1) is 16.7 Å². The van der Waals surface area contributed by atoms with Crippen LogP contribution in [0.25, 0.3) is 0 Å². The van der Waals surface area contributed by atoms with Crippen molar-refractivity contribution in [3.8, 4) is 17.2 Å². The Kier molecular flexibility index (Phi) is 8.78. The highest BCUT2D eigenvalue weighted by Crippen LogP contribution is 2.47. The number of hydrogen-bond acceptors (Lipinski definition) is 6. The molecule has 0 atom stereocenters. The van der Waals surface area contributed by atoms with Gasteiger partial charge in [-0.2, -0.15) is 0 Å². The molecule has 6 nitrogen and oxygen atoms in total. The van der Waals surface area contributed by atoms with Gasteiger partial charge in [0.15, 0.2) is 28.8 Å². The molecule has 43 heavy (non-hydrogen) atoms. The number of carbonyl (C=O) groups excluding carboxylic acids is 2. The summed E-state index contributed by atoms with van der Waals surface area (Å²) in [5.41, 5.74) is 5.82. The third kappa shape index (κ3) is 6.17. The minimum atomic E-state index is -0.479. The van der Waals surface area contributed by atoms with E-state index in [0.29, 0.717) is 64.5 Å². The maximum atomic E-state index is 13.2. The van der Waals surface area contributed by atoms with Gasteiger partial charge in [-0.1, -0.05) is 59.6 Å². The molecule has 1 heterocycles. The van der Waals surface area contributed by atoms with Gasteiger partial charge in [-0.3, -0.25) is 9.59 Å². The number of hydrogen-bond donors (Lipinski definition) is 1. The molecule has 0 bridgehead atoms. The molecular weight excluding hydrogens is 585 g/mol. The van der Waals surface area contributed by atoms with Crippen molar-refractivity contribution in [1.29, 1.82) is 0 Å². The maximum Gasteiger partial charge on any atom is 0.161 e. The van der Waals surface area contributed by atoms with E-state index >= 15 is 0 Å². The zero-order valence-corrected chi connectivity index (χ0v) is 25.5. The Labute approximate surface area is 261 Å². The Morgan fingerprint density at radius 3 is 1.98 bits per heavy atom. The number of dihydropyridines is 1. The van der Waals surface area contributed by atoms with E-state index < -0.39 is 5.92 Å². The number of allylic oxidation sites excluding steroid dienone is 4. The van der Waals surface area contributed by atoms with E-state index in [2.05, 4.69) is 5.32 Å².